The molecule has 1 unspecified atom stereocenters. The molecule has 2 aromatic carbocycles. The fourth-order valence-corrected chi connectivity index (χ4v) is 3.94. The third-order valence-corrected chi connectivity index (χ3v) is 6.01. The van der Waals surface area contributed by atoms with Crippen molar-refractivity contribution in [2.24, 2.45) is 5.92 Å². The second kappa shape index (κ2) is 9.24. The zero-order chi connectivity index (χ0) is 19.2. The molecule has 1 N–H and O–H groups in total. The van der Waals surface area contributed by atoms with Crippen LogP contribution in [0.2, 0.25) is 0 Å². The summed E-state index contributed by atoms with van der Waals surface area (Å²) in [6, 6.07) is 16.6. The fraction of sp³-hybridized carbons (Fsp3) is 0.350. The summed E-state index contributed by atoms with van der Waals surface area (Å²) in [5.41, 5.74) is 1.11. The van der Waals surface area contributed by atoms with E-state index in [9.17, 15) is 13.2 Å². The van der Waals surface area contributed by atoms with Crippen molar-refractivity contribution in [3.63, 3.8) is 0 Å². The van der Waals surface area contributed by atoms with Crippen molar-refractivity contribution < 1.29 is 13.2 Å². The van der Waals surface area contributed by atoms with Gasteiger partial charge in [-0.25, -0.2) is 8.42 Å². The summed E-state index contributed by atoms with van der Waals surface area (Å²) < 4.78 is 23.0. The molecule has 0 fully saturated rings. The minimum absolute atomic E-state index is 0.00286. The number of carbonyl (C=O) groups excluding carboxylic acids is 1. The van der Waals surface area contributed by atoms with Crippen molar-refractivity contribution >= 4 is 27.5 Å². The molecule has 0 aliphatic rings. The topological polar surface area (TPSA) is 63.2 Å². The first-order valence-corrected chi connectivity index (χ1v) is 11.4. The van der Waals surface area contributed by atoms with Crippen molar-refractivity contribution in [3.8, 4) is 0 Å². The number of amides is 1. The number of hydrogen-bond donors (Lipinski definition) is 1. The molecule has 2 rings (SSSR count). The third kappa shape index (κ3) is 6.50. The van der Waals surface area contributed by atoms with E-state index < -0.39 is 9.84 Å². The molecule has 26 heavy (non-hydrogen) atoms. The second-order valence-electron chi connectivity index (χ2n) is 6.69. The Bertz CT molecular complexity index is 816. The zero-order valence-corrected chi connectivity index (χ0v) is 16.9. The maximum absolute atomic E-state index is 12.4. The summed E-state index contributed by atoms with van der Waals surface area (Å²) in [5.74, 6) is 0.730. The molecule has 0 aromatic heterocycles. The van der Waals surface area contributed by atoms with E-state index in [2.05, 4.69) is 19.2 Å². The molecule has 1 atom stereocenters. The van der Waals surface area contributed by atoms with Gasteiger partial charge in [0, 0.05) is 11.2 Å². The highest BCUT2D eigenvalue weighted by atomic mass is 32.2. The van der Waals surface area contributed by atoms with Crippen LogP contribution in [0.25, 0.3) is 0 Å². The van der Waals surface area contributed by atoms with Gasteiger partial charge in [0.15, 0.2) is 9.84 Å². The predicted octanol–water partition coefficient (Wildman–Crippen LogP) is 4.09. The first kappa shape index (κ1) is 20.5. The second-order valence-corrected chi connectivity index (χ2v) is 9.76. The van der Waals surface area contributed by atoms with Crippen LogP contribution < -0.4 is 5.32 Å². The van der Waals surface area contributed by atoms with E-state index in [1.54, 1.807) is 24.3 Å². The number of benzene rings is 2. The molecule has 6 heteroatoms. The van der Waals surface area contributed by atoms with E-state index >= 15 is 0 Å². The van der Waals surface area contributed by atoms with Gasteiger partial charge in [-0.05, 0) is 42.2 Å². The van der Waals surface area contributed by atoms with E-state index in [4.69, 9.17) is 0 Å². The highest BCUT2D eigenvalue weighted by Crippen LogP contribution is 2.23. The molecular weight excluding hydrogens is 366 g/mol. The quantitative estimate of drug-likeness (QED) is 0.689. The lowest BCUT2D eigenvalue weighted by molar-refractivity contribution is -0.119. The normalized spacial score (nSPS) is 12.8. The van der Waals surface area contributed by atoms with Crippen LogP contribution in [0.5, 0.6) is 0 Å². The molecule has 0 heterocycles. The van der Waals surface area contributed by atoms with E-state index in [1.165, 1.54) is 18.0 Å². The van der Waals surface area contributed by atoms with Crippen LogP contribution in [0.15, 0.2) is 64.4 Å². The van der Waals surface area contributed by atoms with Crippen LogP contribution in [-0.2, 0) is 14.6 Å². The molecule has 0 aliphatic carbocycles. The van der Waals surface area contributed by atoms with Crippen LogP contribution in [0.3, 0.4) is 0 Å². The van der Waals surface area contributed by atoms with E-state index in [0.29, 0.717) is 11.7 Å². The summed E-state index contributed by atoms with van der Waals surface area (Å²) in [7, 11) is -3.20. The lowest BCUT2D eigenvalue weighted by Gasteiger charge is -2.21. The number of hydrogen-bond acceptors (Lipinski definition) is 4. The van der Waals surface area contributed by atoms with Gasteiger partial charge < -0.3 is 5.32 Å². The maximum atomic E-state index is 12.4. The SMILES string of the molecule is CC(C)CC(NC(=O)CSc1ccc(S(C)(=O)=O)cc1)c1ccccc1. The summed E-state index contributed by atoms with van der Waals surface area (Å²) in [6.45, 7) is 4.28. The molecular formula is C20H25NO3S2. The summed E-state index contributed by atoms with van der Waals surface area (Å²) >= 11 is 1.40. The molecule has 2 aromatic rings. The van der Waals surface area contributed by atoms with Crippen molar-refractivity contribution in [3.05, 3.63) is 60.2 Å². The highest BCUT2D eigenvalue weighted by Gasteiger charge is 2.16. The average Bonchev–Trinajstić information content (AvgIpc) is 2.59. The highest BCUT2D eigenvalue weighted by molar-refractivity contribution is 8.00. The first-order valence-electron chi connectivity index (χ1n) is 8.53. The summed E-state index contributed by atoms with van der Waals surface area (Å²) in [5, 5.41) is 3.11. The van der Waals surface area contributed by atoms with E-state index in [0.717, 1.165) is 16.9 Å². The van der Waals surface area contributed by atoms with E-state index in [-0.39, 0.29) is 16.8 Å². The Morgan fingerprint density at radius 3 is 2.19 bits per heavy atom. The van der Waals surface area contributed by atoms with Crippen LogP contribution in [0.4, 0.5) is 0 Å². The Morgan fingerprint density at radius 2 is 1.65 bits per heavy atom. The number of nitrogens with one attached hydrogen (secondary N) is 1. The molecule has 0 saturated heterocycles. The number of thioether (sulfide) groups is 1. The number of carbonyl (C=O) groups is 1. The number of sulfone groups is 1. The third-order valence-electron chi connectivity index (χ3n) is 3.87. The maximum Gasteiger partial charge on any atom is 0.230 e. The molecule has 0 spiro atoms. The van der Waals surface area contributed by atoms with Crippen molar-refractivity contribution in [2.45, 2.75) is 36.1 Å². The molecule has 140 valence electrons. The van der Waals surface area contributed by atoms with Gasteiger partial charge in [-0.3, -0.25) is 4.79 Å². The molecule has 4 nitrogen and oxygen atoms in total. The van der Waals surface area contributed by atoms with Gasteiger partial charge in [-0.15, -0.1) is 11.8 Å². The van der Waals surface area contributed by atoms with Crippen LogP contribution in [0.1, 0.15) is 31.9 Å². The largest absolute Gasteiger partial charge is 0.349 e. The molecule has 0 saturated carbocycles. The summed E-state index contributed by atoms with van der Waals surface area (Å²) in [6.07, 6.45) is 2.06. The van der Waals surface area contributed by atoms with Crippen LogP contribution in [-0.4, -0.2) is 26.3 Å². The Kier molecular flexibility index (Phi) is 7.29. The average molecular weight is 392 g/mol. The smallest absolute Gasteiger partial charge is 0.230 e. The van der Waals surface area contributed by atoms with Crippen molar-refractivity contribution in [1.82, 2.24) is 5.32 Å². The Hall–Kier alpha value is -1.79. The number of rotatable bonds is 8. The Morgan fingerprint density at radius 1 is 1.04 bits per heavy atom. The van der Waals surface area contributed by atoms with Crippen LogP contribution >= 0.6 is 11.8 Å². The van der Waals surface area contributed by atoms with Gasteiger partial charge in [0.1, 0.15) is 0 Å². The van der Waals surface area contributed by atoms with Gasteiger partial charge in [0.05, 0.1) is 16.7 Å². The minimum Gasteiger partial charge on any atom is -0.349 e. The standard InChI is InChI=1S/C20H25NO3S2/c1-15(2)13-19(16-7-5-4-6-8-16)21-20(22)14-25-17-9-11-18(12-10-17)26(3,23)24/h4-12,15,19H,13-14H2,1-3H3,(H,21,22). The summed E-state index contributed by atoms with van der Waals surface area (Å²) in [4.78, 5) is 13.5. The Balaban J connectivity index is 1.95. The van der Waals surface area contributed by atoms with Crippen LogP contribution in [0, 0.1) is 5.92 Å². The van der Waals surface area contributed by atoms with Gasteiger partial charge in [-0.1, -0.05) is 44.2 Å². The van der Waals surface area contributed by atoms with Crippen molar-refractivity contribution in [1.29, 1.82) is 0 Å². The van der Waals surface area contributed by atoms with Gasteiger partial charge >= 0.3 is 0 Å². The van der Waals surface area contributed by atoms with Gasteiger partial charge in [0.25, 0.3) is 0 Å². The monoisotopic (exact) mass is 391 g/mol. The Labute approximate surface area is 160 Å². The molecule has 0 radical (unpaired) electrons. The predicted molar refractivity (Wildman–Crippen MR) is 107 cm³/mol. The first-order chi connectivity index (χ1) is 12.3. The van der Waals surface area contributed by atoms with E-state index in [1.807, 2.05) is 30.3 Å². The van der Waals surface area contributed by atoms with Gasteiger partial charge in [0.2, 0.25) is 5.91 Å². The fourth-order valence-electron chi connectivity index (χ4n) is 2.60. The lowest BCUT2D eigenvalue weighted by Crippen LogP contribution is -2.30. The lowest BCUT2D eigenvalue weighted by atomic mass is 9.97. The molecule has 0 bridgehead atoms. The minimum atomic E-state index is -3.20. The zero-order valence-electron chi connectivity index (χ0n) is 15.3. The van der Waals surface area contributed by atoms with Crippen molar-refractivity contribution in [2.75, 3.05) is 12.0 Å². The molecule has 0 aliphatic heterocycles. The molecule has 1 amide bonds. The van der Waals surface area contributed by atoms with Gasteiger partial charge in [-0.2, -0.15) is 0 Å².